The first-order chi connectivity index (χ1) is 2.00. The van der Waals surface area contributed by atoms with Gasteiger partial charge >= 0.3 is 128 Å². The summed E-state index contributed by atoms with van der Waals surface area (Å²) in [6.07, 6.45) is 0. The van der Waals surface area contributed by atoms with E-state index < -0.39 is 7.91 Å². The van der Waals surface area contributed by atoms with Crippen LogP contribution in [0.4, 0.5) is 4.20 Å². The molecule has 8 heteroatoms. The minimum absolute atomic E-state index is 0. The van der Waals surface area contributed by atoms with E-state index in [2.05, 4.69) is 0 Å². The van der Waals surface area contributed by atoms with Gasteiger partial charge in [-0.1, -0.05) is 0 Å². The predicted octanol–water partition coefficient (Wildman–Crippen LogP) is -1.25. The molecule has 0 amide bonds. The normalized spacial score (nSPS) is 7.38. The Hall–Kier alpha value is 4.35. The van der Waals surface area contributed by atoms with Gasteiger partial charge in [0, 0.05) is 18.6 Å². The predicted molar refractivity (Wildman–Crippen MR) is 27.5 cm³/mol. The van der Waals surface area contributed by atoms with Gasteiger partial charge in [-0.15, -0.1) is 4.20 Å². The van der Waals surface area contributed by atoms with Crippen LogP contribution >= 0.6 is 7.91 Å². The van der Waals surface area contributed by atoms with Crippen LogP contribution in [-0.2, 0) is 23.1 Å². The third kappa shape index (κ3) is 47.8. The van der Waals surface area contributed by atoms with Gasteiger partial charge in [-0.3, -0.25) is 9.79 Å². The van der Waals surface area contributed by atoms with Crippen LogP contribution in [0.3, 0.4) is 0 Å². The first kappa shape index (κ1) is 22.8. The van der Waals surface area contributed by atoms with Crippen LogP contribution in [0.1, 0.15) is 0 Å². The van der Waals surface area contributed by atoms with Crippen molar-refractivity contribution in [3.63, 3.8) is 0 Å². The minimum Gasteiger partial charge on any atom is 0 e. The maximum atomic E-state index is 10.4. The van der Waals surface area contributed by atoms with Crippen LogP contribution in [0.5, 0.6) is 0 Å². The molecule has 0 aromatic carbocycles. The Balaban J connectivity index is -0.0000000267. The molecular formula is H4CsFKO3PV. The standard InChI is InChI=1S/Cs.FH2O3P.K.V.2H/c;1-5(2,3)4;;;;/h;(H2,2,3,4);;;;. The van der Waals surface area contributed by atoms with Gasteiger partial charge in [0.15, 0.2) is 0 Å². The summed E-state index contributed by atoms with van der Waals surface area (Å²) in [4.78, 5) is 13.9. The van der Waals surface area contributed by atoms with E-state index in [1.807, 2.05) is 0 Å². The minimum atomic E-state index is -5.14. The van der Waals surface area contributed by atoms with Crippen LogP contribution in [0.25, 0.3) is 0 Å². The zero-order valence-electron chi connectivity index (χ0n) is 2.58. The van der Waals surface area contributed by atoms with E-state index in [0.29, 0.717) is 0 Å². The summed E-state index contributed by atoms with van der Waals surface area (Å²) in [5, 5.41) is 0. The fraction of sp³-hybridized carbons (Fsp3) is 0. The molecule has 0 atom stereocenters. The number of rotatable bonds is 0. The SMILES string of the molecule is O=P(O)(O)F.[CsH].[KH].[V]. The average Bonchev–Trinajstić information content (AvgIpc) is 0.722. The van der Waals surface area contributed by atoms with Crippen molar-refractivity contribution in [1.82, 2.24) is 0 Å². The Morgan fingerprint density at radius 2 is 1.38 bits per heavy atom. The molecule has 41 valence electrons. The molecule has 0 rings (SSSR count). The first-order valence-electron chi connectivity index (χ1n) is 0.752. The van der Waals surface area contributed by atoms with Gasteiger partial charge in [-0.25, -0.2) is 4.57 Å². The Bertz CT molecular complexity index is 65.4. The summed E-state index contributed by atoms with van der Waals surface area (Å²) in [5.41, 5.74) is 0. The summed E-state index contributed by atoms with van der Waals surface area (Å²) >= 11 is 0. The van der Waals surface area contributed by atoms with Crippen molar-refractivity contribution in [2.24, 2.45) is 0 Å². The Kier molecular flexibility index (Phi) is 32.4. The average molecular weight is 325 g/mol. The van der Waals surface area contributed by atoms with Gasteiger partial charge in [-0.05, 0) is 0 Å². The van der Waals surface area contributed by atoms with E-state index in [4.69, 9.17) is 14.4 Å². The van der Waals surface area contributed by atoms with Crippen LogP contribution in [0.15, 0.2) is 0 Å². The molecule has 0 aliphatic carbocycles. The number of halogens is 1. The first-order valence-corrected chi connectivity index (χ1v) is 2.25. The molecule has 0 aromatic heterocycles. The van der Waals surface area contributed by atoms with Crippen molar-refractivity contribution < 1.29 is 37.1 Å². The fourth-order valence-electron chi connectivity index (χ4n) is 0. The molecule has 0 aliphatic rings. The summed E-state index contributed by atoms with van der Waals surface area (Å²) in [7, 11) is -5.14. The van der Waals surface area contributed by atoms with Crippen LogP contribution < -0.4 is 0 Å². The fourth-order valence-corrected chi connectivity index (χ4v) is 0. The van der Waals surface area contributed by atoms with E-state index in [1.54, 1.807) is 0 Å². The zero-order valence-corrected chi connectivity index (χ0v) is 4.87. The molecule has 0 bridgehead atoms. The van der Waals surface area contributed by atoms with E-state index in [1.165, 1.54) is 0 Å². The molecule has 0 unspecified atom stereocenters. The molecule has 0 saturated heterocycles. The molecular weight excluding hydrogens is 321 g/mol. The van der Waals surface area contributed by atoms with Gasteiger partial charge in [0.2, 0.25) is 0 Å². The maximum Gasteiger partial charge on any atom is 0 e. The van der Waals surface area contributed by atoms with Crippen molar-refractivity contribution in [3.05, 3.63) is 0 Å². The van der Waals surface area contributed by atoms with Gasteiger partial charge in [-0.2, -0.15) is 0 Å². The van der Waals surface area contributed by atoms with Gasteiger partial charge in [0.25, 0.3) is 0 Å². The monoisotopic (exact) mass is 325 g/mol. The summed E-state index contributed by atoms with van der Waals surface area (Å²) < 4.78 is 19.0. The molecule has 1 radical (unpaired) electrons. The Morgan fingerprint density at radius 3 is 1.38 bits per heavy atom. The van der Waals surface area contributed by atoms with Crippen molar-refractivity contribution in [1.29, 1.82) is 0 Å². The van der Waals surface area contributed by atoms with Gasteiger partial charge < -0.3 is 0 Å². The third-order valence-electron chi connectivity index (χ3n) is 0. The summed E-state index contributed by atoms with van der Waals surface area (Å²) in [6, 6.07) is 0. The van der Waals surface area contributed by atoms with Crippen molar-refractivity contribution >= 4 is 128 Å². The largest absolute Gasteiger partial charge is 0 e. The molecule has 0 aliphatic heterocycles. The van der Waals surface area contributed by atoms with Crippen molar-refractivity contribution in [2.45, 2.75) is 0 Å². The van der Waals surface area contributed by atoms with E-state index in [-0.39, 0.29) is 139 Å². The summed E-state index contributed by atoms with van der Waals surface area (Å²) in [6.45, 7) is 0. The van der Waals surface area contributed by atoms with Crippen molar-refractivity contribution in [3.8, 4) is 0 Å². The second kappa shape index (κ2) is 11.4. The van der Waals surface area contributed by atoms with E-state index in [0.717, 1.165) is 0 Å². The van der Waals surface area contributed by atoms with Crippen molar-refractivity contribution in [2.75, 3.05) is 0 Å². The topological polar surface area (TPSA) is 57.5 Å². The third-order valence-corrected chi connectivity index (χ3v) is 0. The van der Waals surface area contributed by atoms with Crippen LogP contribution in [0, 0.1) is 0 Å². The quantitative estimate of drug-likeness (QED) is 0.432. The van der Waals surface area contributed by atoms with E-state index in [9.17, 15) is 4.20 Å². The summed E-state index contributed by atoms with van der Waals surface area (Å²) in [5.74, 6) is 0. The molecule has 0 heterocycles. The molecule has 0 fully saturated rings. The number of hydrogen-bond acceptors (Lipinski definition) is 1. The molecule has 2 N–H and O–H groups in total. The Morgan fingerprint density at radius 1 is 1.38 bits per heavy atom. The molecule has 3 nitrogen and oxygen atoms in total. The molecule has 0 aromatic rings. The Labute approximate surface area is 160 Å². The second-order valence-electron chi connectivity index (χ2n) is 0.473. The molecule has 0 spiro atoms. The van der Waals surface area contributed by atoms with Gasteiger partial charge in [0.05, 0.1) is 0 Å². The second-order valence-corrected chi connectivity index (χ2v) is 1.42. The number of hydrogen-bond donors (Lipinski definition) is 2. The smallest absolute Gasteiger partial charge is 0 e. The molecule has 0 saturated carbocycles. The van der Waals surface area contributed by atoms with E-state index >= 15 is 0 Å². The van der Waals surface area contributed by atoms with Gasteiger partial charge in [0.1, 0.15) is 0 Å². The zero-order chi connectivity index (χ0) is 4.50. The van der Waals surface area contributed by atoms with Crippen LogP contribution in [0.2, 0.25) is 0 Å². The molecule has 8 heavy (non-hydrogen) atoms. The maximum absolute atomic E-state index is 10.4. The van der Waals surface area contributed by atoms with Crippen LogP contribution in [-0.4, -0.2) is 130 Å².